The van der Waals surface area contributed by atoms with E-state index in [-0.39, 0.29) is 17.9 Å². The molecule has 0 saturated heterocycles. The van der Waals surface area contributed by atoms with Gasteiger partial charge in [0, 0.05) is 18.7 Å². The highest BCUT2D eigenvalue weighted by Gasteiger charge is 2.11. The number of ether oxygens (including phenoxy) is 2. The van der Waals surface area contributed by atoms with Gasteiger partial charge in [-0.05, 0) is 47.9 Å². The Kier molecular flexibility index (Phi) is 8.39. The number of nitrogens with one attached hydrogen (secondary N) is 1. The van der Waals surface area contributed by atoms with Crippen LogP contribution in [0.3, 0.4) is 0 Å². The first-order valence-corrected chi connectivity index (χ1v) is 9.42. The number of nitriles is 1. The van der Waals surface area contributed by atoms with Gasteiger partial charge in [-0.2, -0.15) is 5.26 Å². The van der Waals surface area contributed by atoms with Crippen LogP contribution in [-0.2, 0) is 11.4 Å². The minimum atomic E-state index is -0.459. The highest BCUT2D eigenvalue weighted by Crippen LogP contribution is 2.30. The van der Waals surface area contributed by atoms with Crippen molar-refractivity contribution in [1.82, 2.24) is 5.32 Å². The minimum Gasteiger partial charge on any atom is -0.493 e. The average Bonchev–Trinajstić information content (AvgIpc) is 2.76. The average molecular weight is 409 g/mol. The van der Waals surface area contributed by atoms with E-state index >= 15 is 0 Å². The summed E-state index contributed by atoms with van der Waals surface area (Å²) in [7, 11) is 1.49. The van der Waals surface area contributed by atoms with Crippen LogP contribution >= 0.6 is 0 Å². The number of unbranched alkanes of at least 4 members (excludes halogenated alkanes) is 1. The van der Waals surface area contributed by atoms with Gasteiger partial charge >= 0.3 is 0 Å². The number of nitrogens with zero attached hydrogens (tertiary/aromatic N) is 2. The second kappa shape index (κ2) is 11.2. The Morgan fingerprint density at radius 3 is 2.57 bits per heavy atom. The van der Waals surface area contributed by atoms with Crippen LogP contribution < -0.4 is 14.8 Å². The van der Waals surface area contributed by atoms with Crippen molar-refractivity contribution in [2.24, 2.45) is 0 Å². The molecule has 30 heavy (non-hydrogen) atoms. The zero-order valence-electron chi connectivity index (χ0n) is 16.9. The third kappa shape index (κ3) is 6.34. The van der Waals surface area contributed by atoms with Crippen molar-refractivity contribution in [3.05, 3.63) is 69.3 Å². The summed E-state index contributed by atoms with van der Waals surface area (Å²) < 4.78 is 11.1. The van der Waals surface area contributed by atoms with Crippen molar-refractivity contribution in [1.29, 1.82) is 5.26 Å². The molecule has 0 aliphatic heterocycles. The normalized spacial score (nSPS) is 10.8. The highest BCUT2D eigenvalue weighted by molar-refractivity contribution is 6.01. The van der Waals surface area contributed by atoms with Gasteiger partial charge in [-0.25, -0.2) is 0 Å². The predicted octanol–water partition coefficient (Wildman–Crippen LogP) is 4.01. The summed E-state index contributed by atoms with van der Waals surface area (Å²) in [5.74, 6) is 0.497. The van der Waals surface area contributed by atoms with E-state index in [1.807, 2.05) is 13.0 Å². The number of carbonyl (C=O) groups is 1. The lowest BCUT2D eigenvalue weighted by Crippen LogP contribution is -2.25. The van der Waals surface area contributed by atoms with Gasteiger partial charge in [0.15, 0.2) is 11.5 Å². The maximum Gasteiger partial charge on any atom is 0.269 e. The number of nitro benzene ring substituents is 1. The molecule has 0 radical (unpaired) electrons. The Bertz CT molecular complexity index is 962. The molecule has 0 saturated carbocycles. The zero-order chi connectivity index (χ0) is 21.9. The molecule has 0 atom stereocenters. The molecule has 2 aromatic carbocycles. The zero-order valence-corrected chi connectivity index (χ0v) is 16.9. The number of benzene rings is 2. The van der Waals surface area contributed by atoms with E-state index in [9.17, 15) is 20.2 Å². The fourth-order valence-electron chi connectivity index (χ4n) is 2.56. The van der Waals surface area contributed by atoms with Crippen LogP contribution in [0.5, 0.6) is 11.5 Å². The van der Waals surface area contributed by atoms with Crippen molar-refractivity contribution in [3.8, 4) is 17.6 Å². The summed E-state index contributed by atoms with van der Waals surface area (Å²) in [5.41, 5.74) is 1.41. The molecule has 0 aliphatic carbocycles. The predicted molar refractivity (Wildman–Crippen MR) is 112 cm³/mol. The SMILES string of the molecule is CCCCNC(=O)/C(C#N)=C/c1ccc(OCc2ccc([N+](=O)[O-])cc2)c(OC)c1. The summed E-state index contributed by atoms with van der Waals surface area (Å²) in [6.45, 7) is 2.74. The Labute approximate surface area is 174 Å². The number of methoxy groups -OCH3 is 1. The summed E-state index contributed by atoms with van der Waals surface area (Å²) in [4.78, 5) is 22.4. The number of nitro groups is 1. The molecule has 1 N–H and O–H groups in total. The first-order valence-electron chi connectivity index (χ1n) is 9.42. The molecule has 1 amide bonds. The first kappa shape index (κ1) is 22.4. The topological polar surface area (TPSA) is 114 Å². The standard InChI is InChI=1S/C22H23N3O5/c1-3-4-11-24-22(26)18(14-23)12-17-7-10-20(21(13-17)29-2)30-15-16-5-8-19(9-6-16)25(27)28/h5-10,12-13H,3-4,11,15H2,1-2H3,(H,24,26)/b18-12+. The van der Waals surface area contributed by atoms with Gasteiger partial charge in [-0.3, -0.25) is 14.9 Å². The maximum atomic E-state index is 12.1. The van der Waals surface area contributed by atoms with E-state index < -0.39 is 10.8 Å². The van der Waals surface area contributed by atoms with Crippen molar-refractivity contribution < 1.29 is 19.2 Å². The molecule has 0 unspecified atom stereocenters. The fraction of sp³-hybridized carbons (Fsp3) is 0.273. The molecule has 8 heteroatoms. The van der Waals surface area contributed by atoms with Crippen molar-refractivity contribution >= 4 is 17.7 Å². The van der Waals surface area contributed by atoms with E-state index in [2.05, 4.69) is 5.32 Å². The minimum absolute atomic E-state index is 0.00713. The summed E-state index contributed by atoms with van der Waals surface area (Å²) in [5, 5.41) is 22.7. The lowest BCUT2D eigenvalue weighted by atomic mass is 10.1. The molecule has 0 aliphatic rings. The van der Waals surface area contributed by atoms with E-state index in [1.165, 1.54) is 25.3 Å². The third-order valence-corrected chi connectivity index (χ3v) is 4.22. The Balaban J connectivity index is 2.10. The van der Waals surface area contributed by atoms with Gasteiger partial charge in [0.25, 0.3) is 11.6 Å². The van der Waals surface area contributed by atoms with E-state index in [4.69, 9.17) is 9.47 Å². The molecule has 2 aromatic rings. The summed E-state index contributed by atoms with van der Waals surface area (Å²) >= 11 is 0. The van der Waals surface area contributed by atoms with Crippen molar-refractivity contribution in [3.63, 3.8) is 0 Å². The molecule has 0 spiro atoms. The molecule has 156 valence electrons. The van der Waals surface area contributed by atoms with Crippen molar-refractivity contribution in [2.45, 2.75) is 26.4 Å². The number of carbonyl (C=O) groups excluding carboxylic acids is 1. The van der Waals surface area contributed by atoms with Crippen LogP contribution in [0.15, 0.2) is 48.0 Å². The quantitative estimate of drug-likeness (QED) is 0.208. The highest BCUT2D eigenvalue weighted by atomic mass is 16.6. The molecule has 8 nitrogen and oxygen atoms in total. The number of hydrogen-bond donors (Lipinski definition) is 1. The van der Waals surface area contributed by atoms with Crippen LogP contribution in [0.25, 0.3) is 6.08 Å². The lowest BCUT2D eigenvalue weighted by Gasteiger charge is -2.11. The molecule has 2 rings (SSSR count). The largest absolute Gasteiger partial charge is 0.493 e. The van der Waals surface area contributed by atoms with Crippen LogP contribution in [-0.4, -0.2) is 24.5 Å². The van der Waals surface area contributed by atoms with Crippen LogP contribution in [0.2, 0.25) is 0 Å². The van der Waals surface area contributed by atoms with E-state index in [0.717, 1.165) is 18.4 Å². The maximum absolute atomic E-state index is 12.1. The monoisotopic (exact) mass is 409 g/mol. The molecule has 0 heterocycles. The number of amides is 1. The van der Waals surface area contributed by atoms with Gasteiger partial charge in [0.05, 0.1) is 12.0 Å². The van der Waals surface area contributed by atoms with Gasteiger partial charge in [0.2, 0.25) is 0 Å². The Morgan fingerprint density at radius 2 is 1.97 bits per heavy atom. The fourth-order valence-corrected chi connectivity index (χ4v) is 2.56. The molecular weight excluding hydrogens is 386 g/mol. The Morgan fingerprint density at radius 1 is 1.23 bits per heavy atom. The van der Waals surface area contributed by atoms with Crippen LogP contribution in [0.4, 0.5) is 5.69 Å². The van der Waals surface area contributed by atoms with Gasteiger partial charge in [-0.15, -0.1) is 0 Å². The van der Waals surface area contributed by atoms with Gasteiger partial charge in [-0.1, -0.05) is 19.4 Å². The van der Waals surface area contributed by atoms with E-state index in [1.54, 1.807) is 30.3 Å². The summed E-state index contributed by atoms with van der Waals surface area (Å²) in [6, 6.07) is 13.1. The van der Waals surface area contributed by atoms with Crippen LogP contribution in [0, 0.1) is 21.4 Å². The van der Waals surface area contributed by atoms with Gasteiger partial charge < -0.3 is 14.8 Å². The van der Waals surface area contributed by atoms with E-state index in [0.29, 0.717) is 23.6 Å². The third-order valence-electron chi connectivity index (χ3n) is 4.22. The Hall–Kier alpha value is -3.86. The molecule has 0 fully saturated rings. The summed E-state index contributed by atoms with van der Waals surface area (Å²) in [6.07, 6.45) is 3.29. The van der Waals surface area contributed by atoms with Crippen LogP contribution in [0.1, 0.15) is 30.9 Å². The lowest BCUT2D eigenvalue weighted by molar-refractivity contribution is -0.384. The number of rotatable bonds is 10. The number of non-ortho nitro benzene ring substituents is 1. The molecule has 0 aromatic heterocycles. The smallest absolute Gasteiger partial charge is 0.269 e. The second-order valence-corrected chi connectivity index (χ2v) is 6.40. The second-order valence-electron chi connectivity index (χ2n) is 6.40. The number of hydrogen-bond acceptors (Lipinski definition) is 6. The molecule has 0 bridgehead atoms. The van der Waals surface area contributed by atoms with Gasteiger partial charge in [0.1, 0.15) is 18.2 Å². The first-order chi connectivity index (χ1) is 14.5. The molecular formula is C22H23N3O5. The van der Waals surface area contributed by atoms with Crippen molar-refractivity contribution in [2.75, 3.05) is 13.7 Å².